The minimum absolute atomic E-state index is 0.0932. The van der Waals surface area contributed by atoms with Crippen LogP contribution in [0.3, 0.4) is 0 Å². The Morgan fingerprint density at radius 1 is 0.944 bits per heavy atom. The maximum Gasteiger partial charge on any atom is 0.475 e. The van der Waals surface area contributed by atoms with Crippen LogP contribution in [0, 0.1) is 34.5 Å². The molecule has 0 aliphatic heterocycles. The lowest BCUT2D eigenvalue weighted by Crippen LogP contribution is -2.56. The molecule has 0 heterocycles. The summed E-state index contributed by atoms with van der Waals surface area (Å²) in [4.78, 5) is 37.7. The summed E-state index contributed by atoms with van der Waals surface area (Å²) < 4.78 is 0. The third-order valence-corrected chi connectivity index (χ3v) is 5.44. The Morgan fingerprint density at radius 3 is 2.03 bits per heavy atom. The molecule has 3 atom stereocenters. The molecule has 0 radical (unpaired) electrons. The van der Waals surface area contributed by atoms with Crippen LogP contribution in [0.25, 0.3) is 0 Å². The van der Waals surface area contributed by atoms with Crippen molar-refractivity contribution in [3.8, 4) is 6.07 Å². The first-order valence-electron chi connectivity index (χ1n) is 12.7. The summed E-state index contributed by atoms with van der Waals surface area (Å²) in [6, 6.07) is 0.209. The van der Waals surface area contributed by atoms with E-state index >= 15 is 0 Å². The predicted octanol–water partition coefficient (Wildman–Crippen LogP) is 1.86. The van der Waals surface area contributed by atoms with Crippen LogP contribution >= 0.6 is 0 Å². The van der Waals surface area contributed by atoms with Gasteiger partial charge >= 0.3 is 7.12 Å². The fourth-order valence-corrected chi connectivity index (χ4v) is 3.38. The van der Waals surface area contributed by atoms with Gasteiger partial charge in [0.05, 0.1) is 11.5 Å². The van der Waals surface area contributed by atoms with Crippen molar-refractivity contribution in [3.05, 3.63) is 11.6 Å². The molecule has 2 unspecified atom stereocenters. The minimum atomic E-state index is -1.76. The van der Waals surface area contributed by atoms with Gasteiger partial charge in [0.2, 0.25) is 17.7 Å². The van der Waals surface area contributed by atoms with Gasteiger partial charge in [0.1, 0.15) is 18.2 Å². The Labute approximate surface area is 216 Å². The average Bonchev–Trinajstić information content (AvgIpc) is 2.77. The standard InChI is InChI=1S/C25H44BN5O5/c1-15(2)12-19(14-27)20(28)10-8-9-11-21(25(34)31-22(26(35)36)13-16(3)4)30-24(33)18(7)29-23(32)17(5)6/h12,15-18,21-22,28,35-36H,8-11,13H2,1-7H3,(H,29,32)(H,30,33)(H,31,34)/t18?,21?,22-/m0/s1. The van der Waals surface area contributed by atoms with Crippen LogP contribution in [-0.2, 0) is 14.4 Å². The number of allylic oxidation sites excluding steroid dienone is 2. The van der Waals surface area contributed by atoms with Crippen LogP contribution in [-0.4, -0.2) is 58.6 Å². The van der Waals surface area contributed by atoms with E-state index in [4.69, 9.17) is 5.41 Å². The van der Waals surface area contributed by atoms with Crippen molar-refractivity contribution < 1.29 is 24.4 Å². The zero-order valence-corrected chi connectivity index (χ0v) is 22.7. The maximum absolute atomic E-state index is 13.0. The topological polar surface area (TPSA) is 175 Å². The number of carbonyl (C=O) groups excluding carboxylic acids is 3. The molecule has 0 aromatic carbocycles. The van der Waals surface area contributed by atoms with Crippen LogP contribution < -0.4 is 16.0 Å². The van der Waals surface area contributed by atoms with E-state index < -0.39 is 37.0 Å². The second-order valence-corrected chi connectivity index (χ2v) is 10.3. The van der Waals surface area contributed by atoms with Gasteiger partial charge in [0.15, 0.2) is 0 Å². The van der Waals surface area contributed by atoms with Gasteiger partial charge in [-0.25, -0.2) is 0 Å². The zero-order chi connectivity index (χ0) is 28.0. The van der Waals surface area contributed by atoms with E-state index in [-0.39, 0.29) is 35.8 Å². The molecule has 0 bridgehead atoms. The number of nitrogens with zero attached hydrogens (tertiary/aromatic N) is 1. The molecule has 10 nitrogen and oxygen atoms in total. The van der Waals surface area contributed by atoms with Crippen molar-refractivity contribution in [2.45, 2.75) is 98.6 Å². The van der Waals surface area contributed by atoms with Gasteiger partial charge in [-0.15, -0.1) is 0 Å². The molecule has 202 valence electrons. The van der Waals surface area contributed by atoms with Crippen molar-refractivity contribution in [1.82, 2.24) is 16.0 Å². The molecular weight excluding hydrogens is 461 g/mol. The maximum atomic E-state index is 13.0. The third kappa shape index (κ3) is 13.4. The number of amides is 3. The highest BCUT2D eigenvalue weighted by molar-refractivity contribution is 6.43. The van der Waals surface area contributed by atoms with Crippen LogP contribution in [0.2, 0.25) is 0 Å². The molecule has 36 heavy (non-hydrogen) atoms. The van der Waals surface area contributed by atoms with E-state index in [1.165, 1.54) is 6.92 Å². The quantitative estimate of drug-likeness (QED) is 0.0808. The highest BCUT2D eigenvalue weighted by atomic mass is 16.4. The molecule has 0 fully saturated rings. The van der Waals surface area contributed by atoms with Gasteiger partial charge in [0.25, 0.3) is 0 Å². The summed E-state index contributed by atoms with van der Waals surface area (Å²) in [5.41, 5.74) is 0.553. The van der Waals surface area contributed by atoms with Crippen LogP contribution in [0.15, 0.2) is 11.6 Å². The molecule has 0 aliphatic rings. The molecule has 11 heteroatoms. The Kier molecular flexibility index (Phi) is 15.6. The van der Waals surface area contributed by atoms with E-state index in [0.29, 0.717) is 31.3 Å². The first-order valence-corrected chi connectivity index (χ1v) is 12.7. The highest BCUT2D eigenvalue weighted by Gasteiger charge is 2.30. The fourth-order valence-electron chi connectivity index (χ4n) is 3.38. The average molecular weight is 505 g/mol. The predicted molar refractivity (Wildman–Crippen MR) is 141 cm³/mol. The molecule has 0 aliphatic carbocycles. The van der Waals surface area contributed by atoms with Gasteiger partial charge in [-0.05, 0) is 44.4 Å². The van der Waals surface area contributed by atoms with Gasteiger partial charge in [0, 0.05) is 11.6 Å². The van der Waals surface area contributed by atoms with Crippen molar-refractivity contribution in [3.63, 3.8) is 0 Å². The summed E-state index contributed by atoms with van der Waals surface area (Å²) >= 11 is 0. The van der Waals surface area contributed by atoms with Gasteiger partial charge in [-0.1, -0.05) is 54.0 Å². The van der Waals surface area contributed by atoms with E-state index in [1.54, 1.807) is 19.9 Å². The lowest BCUT2D eigenvalue weighted by molar-refractivity contribution is -0.132. The SMILES string of the molecule is CC(C)C=C(C#N)C(=N)CCCCC(NC(=O)C(C)NC(=O)C(C)C)C(=O)N[C@@H](CC(C)C)B(O)O. The zero-order valence-electron chi connectivity index (χ0n) is 22.7. The Bertz CT molecular complexity index is 820. The molecule has 0 aromatic heterocycles. The molecule has 0 aromatic rings. The molecular formula is C25H44BN5O5. The van der Waals surface area contributed by atoms with E-state index in [1.807, 2.05) is 33.8 Å². The number of rotatable bonds is 16. The summed E-state index contributed by atoms with van der Waals surface area (Å²) in [5.74, 6) is -2.36. The van der Waals surface area contributed by atoms with Crippen molar-refractivity contribution in [2.75, 3.05) is 0 Å². The second-order valence-electron chi connectivity index (χ2n) is 10.3. The number of hydrogen-bond donors (Lipinski definition) is 6. The van der Waals surface area contributed by atoms with Crippen LogP contribution in [0.5, 0.6) is 0 Å². The first kappa shape index (κ1) is 33.3. The van der Waals surface area contributed by atoms with Gasteiger partial charge in [-0.2, -0.15) is 5.26 Å². The summed E-state index contributed by atoms with van der Waals surface area (Å²) in [7, 11) is -1.76. The van der Waals surface area contributed by atoms with Crippen LogP contribution in [0.1, 0.15) is 80.6 Å². The second kappa shape index (κ2) is 16.9. The van der Waals surface area contributed by atoms with Crippen LogP contribution in [0.4, 0.5) is 0 Å². The lowest BCUT2D eigenvalue weighted by Gasteiger charge is -2.25. The number of hydrogen-bond acceptors (Lipinski definition) is 7. The van der Waals surface area contributed by atoms with E-state index in [9.17, 15) is 29.7 Å². The van der Waals surface area contributed by atoms with Crippen molar-refractivity contribution in [2.24, 2.45) is 17.8 Å². The molecule has 0 rings (SSSR count). The largest absolute Gasteiger partial charge is 0.475 e. The number of nitriles is 1. The van der Waals surface area contributed by atoms with Crippen molar-refractivity contribution in [1.29, 1.82) is 10.7 Å². The lowest BCUT2D eigenvalue weighted by atomic mass is 9.75. The smallest absolute Gasteiger partial charge is 0.426 e. The summed E-state index contributed by atoms with van der Waals surface area (Å²) in [6.45, 7) is 12.6. The fraction of sp³-hybridized carbons (Fsp3) is 0.720. The summed E-state index contributed by atoms with van der Waals surface area (Å²) in [5, 5.41) is 44.6. The van der Waals surface area contributed by atoms with E-state index in [2.05, 4.69) is 16.0 Å². The Hall–Kier alpha value is -2.71. The molecule has 3 amide bonds. The molecule has 6 N–H and O–H groups in total. The summed E-state index contributed by atoms with van der Waals surface area (Å²) in [6.07, 6.45) is 3.65. The van der Waals surface area contributed by atoms with E-state index in [0.717, 1.165) is 0 Å². The highest BCUT2D eigenvalue weighted by Crippen LogP contribution is 2.12. The number of nitrogens with one attached hydrogen (secondary N) is 4. The van der Waals surface area contributed by atoms with Crippen molar-refractivity contribution >= 4 is 30.6 Å². The monoisotopic (exact) mass is 505 g/mol. The first-order chi connectivity index (χ1) is 16.7. The molecule has 0 spiro atoms. The third-order valence-electron chi connectivity index (χ3n) is 5.44. The van der Waals surface area contributed by atoms with Gasteiger partial charge < -0.3 is 31.4 Å². The van der Waals surface area contributed by atoms with Gasteiger partial charge in [-0.3, -0.25) is 14.4 Å². The Balaban J connectivity index is 5.35. The molecule has 0 saturated carbocycles. The normalized spacial score (nSPS) is 14.1. The number of unbranched alkanes of at least 4 members (excludes halogenated alkanes) is 1. The molecule has 0 saturated heterocycles. The number of carbonyl (C=O) groups is 3. The minimum Gasteiger partial charge on any atom is -0.426 e. The Morgan fingerprint density at radius 2 is 1.56 bits per heavy atom.